The fourth-order valence-corrected chi connectivity index (χ4v) is 2.82. The van der Waals surface area contributed by atoms with E-state index in [0.29, 0.717) is 11.3 Å². The van der Waals surface area contributed by atoms with Gasteiger partial charge in [0, 0.05) is 25.1 Å². The number of hydrazine groups is 1. The summed E-state index contributed by atoms with van der Waals surface area (Å²) < 4.78 is 0. The van der Waals surface area contributed by atoms with E-state index in [4.69, 9.17) is 10.8 Å². The van der Waals surface area contributed by atoms with E-state index >= 15 is 0 Å². The first kappa shape index (κ1) is 15.0. The molecule has 0 spiro atoms. The lowest BCUT2D eigenvalue weighted by Crippen LogP contribution is -2.27. The number of aromatic nitrogens is 2. The van der Waals surface area contributed by atoms with E-state index in [0.717, 1.165) is 42.5 Å². The van der Waals surface area contributed by atoms with Crippen molar-refractivity contribution < 1.29 is 0 Å². The lowest BCUT2D eigenvalue weighted by atomic mass is 9.80. The molecule has 1 aromatic heterocycles. The molecule has 1 saturated heterocycles. The molecule has 112 valence electrons. The van der Waals surface area contributed by atoms with E-state index in [1.807, 2.05) is 6.92 Å². The summed E-state index contributed by atoms with van der Waals surface area (Å²) in [6.07, 6.45) is 2.04. The summed E-state index contributed by atoms with van der Waals surface area (Å²) in [5.74, 6) is 8.91. The molecule has 0 radical (unpaired) electrons. The van der Waals surface area contributed by atoms with Crippen molar-refractivity contribution in [2.24, 2.45) is 17.2 Å². The topological polar surface area (TPSA) is 67.1 Å². The van der Waals surface area contributed by atoms with Gasteiger partial charge in [0.05, 0.1) is 0 Å². The van der Waals surface area contributed by atoms with Crippen LogP contribution < -0.4 is 16.2 Å². The van der Waals surface area contributed by atoms with Gasteiger partial charge < -0.3 is 10.3 Å². The number of nitrogen functional groups attached to an aromatic ring is 1. The Morgan fingerprint density at radius 1 is 1.35 bits per heavy atom. The second-order valence-corrected chi connectivity index (χ2v) is 6.73. The zero-order chi connectivity index (χ0) is 14.9. The molecule has 1 fully saturated rings. The molecule has 0 amide bonds. The first-order chi connectivity index (χ1) is 9.36. The molecule has 0 bridgehead atoms. The Hall–Kier alpha value is -1.36. The molecule has 0 saturated carbocycles. The van der Waals surface area contributed by atoms with Crippen molar-refractivity contribution in [3.05, 3.63) is 11.4 Å². The van der Waals surface area contributed by atoms with Crippen LogP contribution >= 0.6 is 0 Å². The SMILES string of the molecule is CCc1nc(NN)c(C)c(N2CCC(C(C)(C)C)C2)n1. The maximum absolute atomic E-state index is 5.58. The molecule has 1 aliphatic heterocycles. The normalized spacial score (nSPS) is 19.5. The van der Waals surface area contributed by atoms with Crippen LogP contribution in [0.5, 0.6) is 0 Å². The van der Waals surface area contributed by atoms with E-state index in [9.17, 15) is 0 Å². The molecule has 5 nitrogen and oxygen atoms in total. The van der Waals surface area contributed by atoms with E-state index < -0.39 is 0 Å². The average Bonchev–Trinajstić information content (AvgIpc) is 2.88. The van der Waals surface area contributed by atoms with Gasteiger partial charge >= 0.3 is 0 Å². The monoisotopic (exact) mass is 277 g/mol. The van der Waals surface area contributed by atoms with Crippen molar-refractivity contribution >= 4 is 11.6 Å². The third kappa shape index (κ3) is 2.87. The maximum atomic E-state index is 5.58. The quantitative estimate of drug-likeness (QED) is 0.656. The number of nitrogens with two attached hydrogens (primary N) is 1. The molecule has 1 aromatic rings. The van der Waals surface area contributed by atoms with E-state index in [1.54, 1.807) is 0 Å². The first-order valence-corrected chi connectivity index (χ1v) is 7.45. The maximum Gasteiger partial charge on any atom is 0.148 e. The number of hydrogen-bond donors (Lipinski definition) is 2. The smallest absolute Gasteiger partial charge is 0.148 e. The van der Waals surface area contributed by atoms with E-state index in [2.05, 4.69) is 43.0 Å². The Balaban J connectivity index is 2.29. The largest absolute Gasteiger partial charge is 0.356 e. The number of nitrogens with zero attached hydrogens (tertiary/aromatic N) is 3. The van der Waals surface area contributed by atoms with Gasteiger partial charge in [-0.05, 0) is 24.7 Å². The lowest BCUT2D eigenvalue weighted by molar-refractivity contribution is 0.263. The third-order valence-corrected chi connectivity index (χ3v) is 4.33. The van der Waals surface area contributed by atoms with Crippen molar-refractivity contribution in [2.45, 2.75) is 47.5 Å². The standard InChI is InChI=1S/C15H27N5/c1-6-12-17-13(19-16)10(2)14(18-12)20-8-7-11(9-20)15(3,4)5/h11H,6-9,16H2,1-5H3,(H,17,18,19). The second-order valence-electron chi connectivity index (χ2n) is 6.73. The molecule has 0 aromatic carbocycles. The average molecular weight is 277 g/mol. The highest BCUT2D eigenvalue weighted by Crippen LogP contribution is 2.36. The third-order valence-electron chi connectivity index (χ3n) is 4.33. The summed E-state index contributed by atoms with van der Waals surface area (Å²) in [6, 6.07) is 0. The van der Waals surface area contributed by atoms with Crippen LogP contribution in [0.15, 0.2) is 0 Å². The highest BCUT2D eigenvalue weighted by Gasteiger charge is 2.33. The molecule has 1 aliphatic rings. The summed E-state index contributed by atoms with van der Waals surface area (Å²) in [6.45, 7) is 13.2. The van der Waals surface area contributed by atoms with Gasteiger partial charge in [-0.2, -0.15) is 0 Å². The van der Waals surface area contributed by atoms with Crippen molar-refractivity contribution in [3.63, 3.8) is 0 Å². The van der Waals surface area contributed by atoms with Crippen LogP contribution in [-0.2, 0) is 6.42 Å². The van der Waals surface area contributed by atoms with Crippen LogP contribution in [0.25, 0.3) is 0 Å². The fraction of sp³-hybridized carbons (Fsp3) is 0.733. The van der Waals surface area contributed by atoms with Crippen LogP contribution in [0.2, 0.25) is 0 Å². The predicted octanol–water partition coefficient (Wildman–Crippen LogP) is 2.51. The lowest BCUT2D eigenvalue weighted by Gasteiger charge is -2.28. The van der Waals surface area contributed by atoms with Crippen molar-refractivity contribution in [1.82, 2.24) is 9.97 Å². The zero-order valence-electron chi connectivity index (χ0n) is 13.3. The van der Waals surface area contributed by atoms with E-state index in [1.165, 1.54) is 6.42 Å². The minimum Gasteiger partial charge on any atom is -0.356 e. The van der Waals surface area contributed by atoms with Crippen LogP contribution in [-0.4, -0.2) is 23.1 Å². The highest BCUT2D eigenvalue weighted by atomic mass is 15.3. The summed E-state index contributed by atoms with van der Waals surface area (Å²) >= 11 is 0. The van der Waals surface area contributed by atoms with Gasteiger partial charge in [-0.25, -0.2) is 15.8 Å². The summed E-state index contributed by atoms with van der Waals surface area (Å²) in [5, 5.41) is 0. The molecule has 5 heteroatoms. The van der Waals surface area contributed by atoms with Crippen LogP contribution in [0.4, 0.5) is 11.6 Å². The van der Waals surface area contributed by atoms with Gasteiger partial charge in [0.25, 0.3) is 0 Å². The van der Waals surface area contributed by atoms with Crippen LogP contribution in [0, 0.1) is 18.3 Å². The Kier molecular flexibility index (Phi) is 4.18. The molecule has 1 unspecified atom stereocenters. The molecule has 2 rings (SSSR count). The number of anilines is 2. The molecule has 1 atom stereocenters. The summed E-state index contributed by atoms with van der Waals surface area (Å²) in [7, 11) is 0. The van der Waals surface area contributed by atoms with Crippen molar-refractivity contribution in [3.8, 4) is 0 Å². The number of nitrogens with one attached hydrogen (secondary N) is 1. The molecule has 0 aliphatic carbocycles. The zero-order valence-corrected chi connectivity index (χ0v) is 13.3. The predicted molar refractivity (Wildman–Crippen MR) is 83.7 cm³/mol. The van der Waals surface area contributed by atoms with Crippen molar-refractivity contribution in [2.75, 3.05) is 23.4 Å². The van der Waals surface area contributed by atoms with Gasteiger partial charge in [0.2, 0.25) is 0 Å². The molecule has 3 N–H and O–H groups in total. The molecular formula is C15H27N5. The van der Waals surface area contributed by atoms with Crippen molar-refractivity contribution in [1.29, 1.82) is 0 Å². The molecule has 20 heavy (non-hydrogen) atoms. The van der Waals surface area contributed by atoms with Gasteiger partial charge in [-0.15, -0.1) is 0 Å². The van der Waals surface area contributed by atoms with Gasteiger partial charge in [-0.1, -0.05) is 27.7 Å². The summed E-state index contributed by atoms with van der Waals surface area (Å²) in [4.78, 5) is 11.5. The number of hydrogen-bond acceptors (Lipinski definition) is 5. The van der Waals surface area contributed by atoms with Crippen LogP contribution in [0.3, 0.4) is 0 Å². The van der Waals surface area contributed by atoms with Gasteiger partial charge in [-0.3, -0.25) is 0 Å². The minimum atomic E-state index is 0.345. The molecular weight excluding hydrogens is 250 g/mol. The Morgan fingerprint density at radius 2 is 2.05 bits per heavy atom. The fourth-order valence-electron chi connectivity index (χ4n) is 2.82. The highest BCUT2D eigenvalue weighted by molar-refractivity contribution is 5.58. The van der Waals surface area contributed by atoms with Gasteiger partial charge in [0.1, 0.15) is 17.5 Å². The Labute approximate surface area is 121 Å². The Morgan fingerprint density at radius 3 is 2.55 bits per heavy atom. The second kappa shape index (κ2) is 5.56. The van der Waals surface area contributed by atoms with Crippen LogP contribution in [0.1, 0.15) is 45.5 Å². The first-order valence-electron chi connectivity index (χ1n) is 7.45. The minimum absolute atomic E-state index is 0.345. The number of aryl methyl sites for hydroxylation is 1. The van der Waals surface area contributed by atoms with E-state index in [-0.39, 0.29) is 0 Å². The molecule has 2 heterocycles. The Bertz CT molecular complexity index is 478. The summed E-state index contributed by atoms with van der Waals surface area (Å²) in [5.41, 5.74) is 4.08. The van der Waals surface area contributed by atoms with Gasteiger partial charge in [0.15, 0.2) is 0 Å². The number of rotatable bonds is 3.